The first kappa shape index (κ1) is 13.6. The Morgan fingerprint density at radius 3 is 2.59 bits per heavy atom. The Hall–Kier alpha value is -1.44. The number of methoxy groups -OCH3 is 2. The quantitative estimate of drug-likeness (QED) is 0.655. The van der Waals surface area contributed by atoms with E-state index in [2.05, 4.69) is 19.1 Å². The summed E-state index contributed by atoms with van der Waals surface area (Å²) in [6, 6.07) is 5.84. The van der Waals surface area contributed by atoms with E-state index < -0.39 is 0 Å². The van der Waals surface area contributed by atoms with E-state index in [0.717, 1.165) is 23.5 Å². The lowest BCUT2D eigenvalue weighted by atomic mass is 10.1. The molecule has 1 rings (SSSR count). The molecule has 0 aliphatic heterocycles. The summed E-state index contributed by atoms with van der Waals surface area (Å²) in [5.74, 6) is 1.75. The number of hydrogen-bond acceptors (Lipinski definition) is 2. The summed E-state index contributed by atoms with van der Waals surface area (Å²) >= 11 is 0. The van der Waals surface area contributed by atoms with Crippen LogP contribution >= 0.6 is 0 Å². The molecule has 0 saturated heterocycles. The molecule has 0 saturated carbocycles. The molecule has 94 valence electrons. The van der Waals surface area contributed by atoms with Crippen molar-refractivity contribution in [3.8, 4) is 11.5 Å². The summed E-state index contributed by atoms with van der Waals surface area (Å²) in [5.41, 5.74) is 1.07. The van der Waals surface area contributed by atoms with Crippen molar-refractivity contribution >= 4 is 6.08 Å². The fourth-order valence-electron chi connectivity index (χ4n) is 1.69. The van der Waals surface area contributed by atoms with Crippen LogP contribution in [0.15, 0.2) is 24.3 Å². The summed E-state index contributed by atoms with van der Waals surface area (Å²) in [7, 11) is 3.37. The van der Waals surface area contributed by atoms with Crippen LogP contribution in [0, 0.1) is 0 Å². The first-order chi connectivity index (χ1) is 8.31. The Kier molecular flexibility index (Phi) is 6.23. The van der Waals surface area contributed by atoms with Crippen molar-refractivity contribution in [2.24, 2.45) is 0 Å². The van der Waals surface area contributed by atoms with Gasteiger partial charge in [0.15, 0.2) is 0 Å². The molecule has 0 spiro atoms. The number of hydrogen-bond donors (Lipinski definition) is 0. The average Bonchev–Trinajstić information content (AvgIpc) is 2.38. The van der Waals surface area contributed by atoms with E-state index in [9.17, 15) is 0 Å². The molecule has 0 heterocycles. The van der Waals surface area contributed by atoms with E-state index in [-0.39, 0.29) is 0 Å². The van der Waals surface area contributed by atoms with Crippen LogP contribution in [0.25, 0.3) is 6.08 Å². The van der Waals surface area contributed by atoms with Crippen LogP contribution in [0.4, 0.5) is 0 Å². The second kappa shape index (κ2) is 7.77. The fraction of sp³-hybridized carbons (Fsp3) is 0.467. The fourth-order valence-corrected chi connectivity index (χ4v) is 1.69. The SMILES string of the molecule is CCCCCC=Cc1cc(OC)ccc1OC. The van der Waals surface area contributed by atoms with Gasteiger partial charge < -0.3 is 9.47 Å². The van der Waals surface area contributed by atoms with Gasteiger partial charge in [-0.3, -0.25) is 0 Å². The van der Waals surface area contributed by atoms with Gasteiger partial charge in [-0.2, -0.15) is 0 Å². The van der Waals surface area contributed by atoms with Gasteiger partial charge in [0.25, 0.3) is 0 Å². The van der Waals surface area contributed by atoms with Gasteiger partial charge in [-0.1, -0.05) is 31.9 Å². The molecule has 17 heavy (non-hydrogen) atoms. The van der Waals surface area contributed by atoms with Crippen LogP contribution in [-0.2, 0) is 0 Å². The highest BCUT2D eigenvalue weighted by Crippen LogP contribution is 2.25. The lowest BCUT2D eigenvalue weighted by molar-refractivity contribution is 0.402. The highest BCUT2D eigenvalue weighted by molar-refractivity contribution is 5.59. The second-order valence-electron chi connectivity index (χ2n) is 4.01. The average molecular weight is 234 g/mol. The van der Waals surface area contributed by atoms with Crippen LogP contribution < -0.4 is 9.47 Å². The van der Waals surface area contributed by atoms with Crippen molar-refractivity contribution in [1.29, 1.82) is 0 Å². The zero-order valence-electron chi connectivity index (χ0n) is 11.0. The molecule has 0 bridgehead atoms. The van der Waals surface area contributed by atoms with Gasteiger partial charge in [0.05, 0.1) is 14.2 Å². The van der Waals surface area contributed by atoms with E-state index in [1.54, 1.807) is 14.2 Å². The lowest BCUT2D eigenvalue weighted by Gasteiger charge is -2.07. The van der Waals surface area contributed by atoms with Crippen molar-refractivity contribution in [3.63, 3.8) is 0 Å². The van der Waals surface area contributed by atoms with Crippen molar-refractivity contribution in [3.05, 3.63) is 29.8 Å². The third kappa shape index (κ3) is 4.51. The molecule has 0 unspecified atom stereocenters. The minimum atomic E-state index is 0.860. The van der Waals surface area contributed by atoms with Gasteiger partial charge in [0.1, 0.15) is 11.5 Å². The highest BCUT2D eigenvalue weighted by Gasteiger charge is 2.01. The van der Waals surface area contributed by atoms with Gasteiger partial charge in [-0.05, 0) is 31.0 Å². The molecule has 0 aliphatic rings. The molecular weight excluding hydrogens is 212 g/mol. The monoisotopic (exact) mass is 234 g/mol. The standard InChI is InChI=1S/C15H22O2/c1-4-5-6-7-8-9-13-12-14(16-2)10-11-15(13)17-3/h8-12H,4-7H2,1-3H3. The summed E-state index contributed by atoms with van der Waals surface area (Å²) in [4.78, 5) is 0. The molecule has 0 aliphatic carbocycles. The van der Waals surface area contributed by atoms with Crippen molar-refractivity contribution in [1.82, 2.24) is 0 Å². The molecule has 2 nitrogen and oxygen atoms in total. The normalized spacial score (nSPS) is 10.8. The van der Waals surface area contributed by atoms with E-state index >= 15 is 0 Å². The number of unbranched alkanes of at least 4 members (excludes halogenated alkanes) is 3. The number of rotatable bonds is 7. The largest absolute Gasteiger partial charge is 0.497 e. The number of allylic oxidation sites excluding steroid dienone is 1. The topological polar surface area (TPSA) is 18.5 Å². The zero-order valence-corrected chi connectivity index (χ0v) is 11.0. The maximum atomic E-state index is 5.32. The Labute approximate surface area is 104 Å². The molecule has 1 aromatic rings. The summed E-state index contributed by atoms with van der Waals surface area (Å²) < 4.78 is 10.5. The third-order valence-electron chi connectivity index (χ3n) is 2.71. The predicted molar refractivity (Wildman–Crippen MR) is 72.7 cm³/mol. The Morgan fingerprint density at radius 2 is 1.94 bits per heavy atom. The summed E-state index contributed by atoms with van der Waals surface area (Å²) in [6.45, 7) is 2.22. The first-order valence-electron chi connectivity index (χ1n) is 6.20. The van der Waals surface area contributed by atoms with E-state index in [1.807, 2.05) is 18.2 Å². The van der Waals surface area contributed by atoms with Crippen molar-refractivity contribution in [2.75, 3.05) is 14.2 Å². The van der Waals surface area contributed by atoms with Crippen molar-refractivity contribution in [2.45, 2.75) is 32.6 Å². The maximum absolute atomic E-state index is 5.32. The Morgan fingerprint density at radius 1 is 1.12 bits per heavy atom. The van der Waals surface area contributed by atoms with Crippen LogP contribution in [0.5, 0.6) is 11.5 Å². The van der Waals surface area contributed by atoms with Crippen LogP contribution in [-0.4, -0.2) is 14.2 Å². The molecule has 0 fully saturated rings. The summed E-state index contributed by atoms with van der Waals surface area (Å²) in [6.07, 6.45) is 9.23. The van der Waals surface area contributed by atoms with E-state index in [1.165, 1.54) is 19.3 Å². The first-order valence-corrected chi connectivity index (χ1v) is 6.20. The smallest absolute Gasteiger partial charge is 0.126 e. The van der Waals surface area contributed by atoms with Gasteiger partial charge in [0.2, 0.25) is 0 Å². The second-order valence-corrected chi connectivity index (χ2v) is 4.01. The van der Waals surface area contributed by atoms with Gasteiger partial charge in [-0.15, -0.1) is 0 Å². The molecule has 0 atom stereocenters. The minimum Gasteiger partial charge on any atom is -0.497 e. The van der Waals surface area contributed by atoms with E-state index in [0.29, 0.717) is 0 Å². The van der Waals surface area contributed by atoms with Gasteiger partial charge in [-0.25, -0.2) is 0 Å². The minimum absolute atomic E-state index is 0.860. The number of ether oxygens (including phenoxy) is 2. The molecular formula is C15H22O2. The van der Waals surface area contributed by atoms with Crippen LogP contribution in [0.1, 0.15) is 38.2 Å². The van der Waals surface area contributed by atoms with Crippen LogP contribution in [0.3, 0.4) is 0 Å². The zero-order chi connectivity index (χ0) is 12.5. The molecule has 0 aromatic heterocycles. The lowest BCUT2D eigenvalue weighted by Crippen LogP contribution is -1.89. The summed E-state index contributed by atoms with van der Waals surface area (Å²) in [5, 5.41) is 0. The van der Waals surface area contributed by atoms with Gasteiger partial charge >= 0.3 is 0 Å². The Balaban J connectivity index is 2.66. The molecule has 0 radical (unpaired) electrons. The highest BCUT2D eigenvalue weighted by atomic mass is 16.5. The van der Waals surface area contributed by atoms with Gasteiger partial charge in [0, 0.05) is 5.56 Å². The molecule has 2 heteroatoms. The molecule has 1 aromatic carbocycles. The third-order valence-corrected chi connectivity index (χ3v) is 2.71. The maximum Gasteiger partial charge on any atom is 0.126 e. The Bertz CT molecular complexity index is 356. The van der Waals surface area contributed by atoms with Crippen molar-refractivity contribution < 1.29 is 9.47 Å². The predicted octanol–water partition coefficient (Wildman–Crippen LogP) is 4.30. The van der Waals surface area contributed by atoms with E-state index in [4.69, 9.17) is 9.47 Å². The number of benzene rings is 1. The van der Waals surface area contributed by atoms with Crippen LogP contribution in [0.2, 0.25) is 0 Å². The molecule has 0 amide bonds. The molecule has 0 N–H and O–H groups in total.